The summed E-state index contributed by atoms with van der Waals surface area (Å²) >= 11 is 5.11. The Morgan fingerprint density at radius 3 is 2.59 bits per heavy atom. The highest BCUT2D eigenvalue weighted by atomic mass is 79.9. The Hall–Kier alpha value is -1.70. The number of benzene rings is 2. The maximum absolute atomic E-state index is 13.3. The van der Waals surface area contributed by atoms with E-state index in [2.05, 4.69) is 42.8 Å². The van der Waals surface area contributed by atoms with Crippen LogP contribution in [0.25, 0.3) is 11.4 Å². The third-order valence-electron chi connectivity index (χ3n) is 4.51. The third-order valence-corrected chi connectivity index (χ3v) is 6.08. The number of rotatable bonds is 6. The molecule has 0 spiro atoms. The van der Waals surface area contributed by atoms with Gasteiger partial charge in [0.25, 0.3) is 0 Å². The zero-order valence-electron chi connectivity index (χ0n) is 14.6. The zero-order valence-corrected chi connectivity index (χ0v) is 17.0. The van der Waals surface area contributed by atoms with Crippen LogP contribution in [0.3, 0.4) is 0 Å². The number of ether oxygens (including phenoxy) is 1. The molecule has 0 radical (unpaired) electrons. The maximum Gasteiger partial charge on any atom is 0.191 e. The van der Waals surface area contributed by atoms with Crippen molar-refractivity contribution >= 4 is 27.7 Å². The highest BCUT2D eigenvalue weighted by Gasteiger charge is 2.21. The average molecular weight is 448 g/mol. The van der Waals surface area contributed by atoms with Gasteiger partial charge in [-0.1, -0.05) is 39.8 Å². The smallest absolute Gasteiger partial charge is 0.191 e. The van der Waals surface area contributed by atoms with Gasteiger partial charge in [0.05, 0.1) is 12.6 Å². The van der Waals surface area contributed by atoms with E-state index in [0.29, 0.717) is 6.54 Å². The van der Waals surface area contributed by atoms with Crippen LogP contribution in [-0.4, -0.2) is 27.5 Å². The molecule has 0 amide bonds. The second kappa shape index (κ2) is 8.54. The summed E-state index contributed by atoms with van der Waals surface area (Å²) in [6.07, 6.45) is 2.30. The molecule has 2 aromatic carbocycles. The zero-order chi connectivity index (χ0) is 18.6. The van der Waals surface area contributed by atoms with E-state index in [4.69, 9.17) is 4.74 Å². The average Bonchev–Trinajstić information content (AvgIpc) is 3.33. The molecule has 140 valence electrons. The molecule has 1 aliphatic heterocycles. The van der Waals surface area contributed by atoms with Gasteiger partial charge in [-0.05, 0) is 54.8 Å². The quantitative estimate of drug-likeness (QED) is 0.479. The first-order chi connectivity index (χ1) is 13.2. The first-order valence-corrected chi connectivity index (χ1v) is 10.6. The molecule has 0 bridgehead atoms. The van der Waals surface area contributed by atoms with Crippen molar-refractivity contribution in [2.45, 2.75) is 36.4 Å². The minimum atomic E-state index is -0.256. The molecule has 27 heavy (non-hydrogen) atoms. The second-order valence-electron chi connectivity index (χ2n) is 6.47. The maximum atomic E-state index is 13.3. The number of hydrogen-bond donors (Lipinski definition) is 0. The molecular weight excluding hydrogens is 429 g/mol. The lowest BCUT2D eigenvalue weighted by atomic mass is 10.2. The Morgan fingerprint density at radius 2 is 1.89 bits per heavy atom. The molecular formula is C20H19BrFN3OS. The largest absolute Gasteiger partial charge is 0.376 e. The van der Waals surface area contributed by atoms with Gasteiger partial charge in [-0.3, -0.25) is 4.57 Å². The Morgan fingerprint density at radius 1 is 1.11 bits per heavy atom. The van der Waals surface area contributed by atoms with Gasteiger partial charge in [0.2, 0.25) is 0 Å². The molecule has 3 aromatic rings. The highest BCUT2D eigenvalue weighted by molar-refractivity contribution is 9.10. The first kappa shape index (κ1) is 18.7. The van der Waals surface area contributed by atoms with Crippen molar-refractivity contribution in [1.29, 1.82) is 0 Å². The van der Waals surface area contributed by atoms with E-state index in [-0.39, 0.29) is 11.9 Å². The fraction of sp³-hybridized carbons (Fsp3) is 0.300. The van der Waals surface area contributed by atoms with E-state index in [1.54, 1.807) is 23.9 Å². The lowest BCUT2D eigenvalue weighted by molar-refractivity contribution is 0.0953. The predicted molar refractivity (Wildman–Crippen MR) is 108 cm³/mol. The Bertz CT molecular complexity index is 893. The Balaban J connectivity index is 1.59. The van der Waals surface area contributed by atoms with Gasteiger partial charge in [-0.2, -0.15) is 0 Å². The molecule has 1 atom stereocenters. The predicted octanol–water partition coefficient (Wildman–Crippen LogP) is 5.32. The molecule has 7 heteroatoms. The molecule has 0 N–H and O–H groups in total. The van der Waals surface area contributed by atoms with Gasteiger partial charge in [0.15, 0.2) is 11.0 Å². The lowest BCUT2D eigenvalue weighted by Gasteiger charge is -2.14. The van der Waals surface area contributed by atoms with Crippen LogP contribution in [0.15, 0.2) is 58.2 Å². The lowest BCUT2D eigenvalue weighted by Crippen LogP contribution is -2.16. The van der Waals surface area contributed by atoms with Crippen molar-refractivity contribution in [3.8, 4) is 11.4 Å². The molecule has 1 fully saturated rings. The molecule has 1 unspecified atom stereocenters. The number of hydrogen-bond acceptors (Lipinski definition) is 4. The van der Waals surface area contributed by atoms with Crippen molar-refractivity contribution in [3.05, 3.63) is 64.4 Å². The normalized spacial score (nSPS) is 16.7. The van der Waals surface area contributed by atoms with Crippen LogP contribution in [0, 0.1) is 5.82 Å². The van der Waals surface area contributed by atoms with E-state index in [0.717, 1.165) is 46.2 Å². The van der Waals surface area contributed by atoms with E-state index >= 15 is 0 Å². The van der Waals surface area contributed by atoms with Crippen LogP contribution in [0.1, 0.15) is 18.4 Å². The Kier molecular flexibility index (Phi) is 5.90. The summed E-state index contributed by atoms with van der Waals surface area (Å²) in [4.78, 5) is 0. The van der Waals surface area contributed by atoms with Crippen molar-refractivity contribution in [3.63, 3.8) is 0 Å². The second-order valence-corrected chi connectivity index (χ2v) is 8.33. The van der Waals surface area contributed by atoms with Gasteiger partial charge in [-0.15, -0.1) is 10.2 Å². The summed E-state index contributed by atoms with van der Waals surface area (Å²) in [6.45, 7) is 1.52. The fourth-order valence-corrected chi connectivity index (χ4v) is 4.26. The summed E-state index contributed by atoms with van der Waals surface area (Å²) in [5.41, 5.74) is 2.08. The fourth-order valence-electron chi connectivity index (χ4n) is 3.09. The SMILES string of the molecule is Fc1ccc(-c2nnc(SCc3ccc(Br)cc3)n2CC2CCCO2)cc1. The van der Waals surface area contributed by atoms with Gasteiger partial charge in [-0.25, -0.2) is 4.39 Å². The van der Waals surface area contributed by atoms with E-state index in [1.165, 1.54) is 17.7 Å². The van der Waals surface area contributed by atoms with E-state index < -0.39 is 0 Å². The van der Waals surface area contributed by atoms with E-state index in [9.17, 15) is 4.39 Å². The number of halogens is 2. The van der Waals surface area contributed by atoms with Gasteiger partial charge < -0.3 is 4.74 Å². The highest BCUT2D eigenvalue weighted by Crippen LogP contribution is 2.28. The Labute approximate surface area is 170 Å². The summed E-state index contributed by atoms with van der Waals surface area (Å²) < 4.78 is 22.3. The van der Waals surface area contributed by atoms with Gasteiger partial charge in [0, 0.05) is 22.4 Å². The standard InChI is InChI=1S/C20H19BrFN3OS/c21-16-7-3-14(4-8-16)13-27-20-24-23-19(15-5-9-17(22)10-6-15)25(20)12-18-2-1-11-26-18/h3-10,18H,1-2,11-13H2. The minimum Gasteiger partial charge on any atom is -0.376 e. The summed E-state index contributed by atoms with van der Waals surface area (Å²) in [6, 6.07) is 14.7. The van der Waals surface area contributed by atoms with Crippen LogP contribution < -0.4 is 0 Å². The molecule has 1 aromatic heterocycles. The summed E-state index contributed by atoms with van der Waals surface area (Å²) in [5.74, 6) is 1.30. The van der Waals surface area contributed by atoms with E-state index in [1.807, 2.05) is 12.1 Å². The van der Waals surface area contributed by atoms with Crippen molar-refractivity contribution < 1.29 is 9.13 Å². The number of aromatic nitrogens is 3. The van der Waals surface area contributed by atoms with Crippen molar-refractivity contribution in [2.24, 2.45) is 0 Å². The van der Waals surface area contributed by atoms with Crippen LogP contribution in [0.2, 0.25) is 0 Å². The van der Waals surface area contributed by atoms with Gasteiger partial charge in [0.1, 0.15) is 5.82 Å². The third kappa shape index (κ3) is 4.59. The van der Waals surface area contributed by atoms with Crippen LogP contribution >= 0.6 is 27.7 Å². The van der Waals surface area contributed by atoms with Crippen molar-refractivity contribution in [1.82, 2.24) is 14.8 Å². The first-order valence-electron chi connectivity index (χ1n) is 8.87. The molecule has 4 rings (SSSR count). The monoisotopic (exact) mass is 447 g/mol. The van der Waals surface area contributed by atoms with Crippen molar-refractivity contribution in [2.75, 3.05) is 6.61 Å². The molecule has 1 aliphatic rings. The molecule has 0 aliphatic carbocycles. The number of thioether (sulfide) groups is 1. The minimum absolute atomic E-state index is 0.173. The molecule has 1 saturated heterocycles. The summed E-state index contributed by atoms with van der Waals surface area (Å²) in [7, 11) is 0. The van der Waals surface area contributed by atoms with Crippen LogP contribution in [0.5, 0.6) is 0 Å². The van der Waals surface area contributed by atoms with Crippen LogP contribution in [0.4, 0.5) is 4.39 Å². The molecule has 0 saturated carbocycles. The summed E-state index contributed by atoms with van der Waals surface area (Å²) in [5, 5.41) is 9.65. The topological polar surface area (TPSA) is 39.9 Å². The van der Waals surface area contributed by atoms with Crippen LogP contribution in [-0.2, 0) is 17.0 Å². The molecule has 2 heterocycles. The molecule has 4 nitrogen and oxygen atoms in total. The number of nitrogens with zero attached hydrogens (tertiary/aromatic N) is 3. The van der Waals surface area contributed by atoms with Gasteiger partial charge >= 0.3 is 0 Å².